The van der Waals surface area contributed by atoms with E-state index in [4.69, 9.17) is 14.2 Å². The summed E-state index contributed by atoms with van der Waals surface area (Å²) in [6.07, 6.45) is 2.79. The van der Waals surface area contributed by atoms with Crippen LogP contribution in [0.1, 0.15) is 41.3 Å². The Balaban J connectivity index is 1.53. The van der Waals surface area contributed by atoms with E-state index in [1.165, 1.54) is 0 Å². The summed E-state index contributed by atoms with van der Waals surface area (Å²) in [5, 5.41) is 2.72. The highest BCUT2D eigenvalue weighted by atomic mass is 16.5. The van der Waals surface area contributed by atoms with Crippen molar-refractivity contribution in [2.75, 3.05) is 33.9 Å². The number of rotatable bonds is 9. The Labute approximate surface area is 183 Å². The molecule has 0 saturated carbocycles. The number of amides is 2. The molecular weight excluding hydrogens is 396 g/mol. The van der Waals surface area contributed by atoms with E-state index in [1.54, 1.807) is 43.4 Å². The fourth-order valence-corrected chi connectivity index (χ4v) is 3.50. The van der Waals surface area contributed by atoms with Crippen molar-refractivity contribution >= 4 is 11.8 Å². The van der Waals surface area contributed by atoms with Gasteiger partial charge in [0.2, 0.25) is 5.91 Å². The van der Waals surface area contributed by atoms with Crippen LogP contribution in [-0.2, 0) is 17.8 Å². The Morgan fingerprint density at radius 1 is 1.03 bits per heavy atom. The topological polar surface area (TPSA) is 77.1 Å². The summed E-state index contributed by atoms with van der Waals surface area (Å²) >= 11 is 0. The van der Waals surface area contributed by atoms with Crippen LogP contribution in [0.4, 0.5) is 0 Å². The molecule has 0 unspecified atom stereocenters. The SMILES string of the molecule is CCCCOc1ccc(C(=O)NCC(=O)N2CCc3cc(OC)c(OC)cc3C2)cc1. The molecule has 1 aliphatic rings. The van der Waals surface area contributed by atoms with Crippen molar-refractivity contribution in [2.45, 2.75) is 32.7 Å². The summed E-state index contributed by atoms with van der Waals surface area (Å²) in [7, 11) is 3.20. The van der Waals surface area contributed by atoms with Crippen molar-refractivity contribution in [1.29, 1.82) is 0 Å². The molecular formula is C24H30N2O5. The molecule has 2 amide bonds. The van der Waals surface area contributed by atoms with Crippen LogP contribution >= 0.6 is 0 Å². The average molecular weight is 427 g/mol. The number of nitrogens with one attached hydrogen (secondary N) is 1. The minimum Gasteiger partial charge on any atom is -0.494 e. The van der Waals surface area contributed by atoms with Crippen LogP contribution in [0.15, 0.2) is 36.4 Å². The van der Waals surface area contributed by atoms with E-state index >= 15 is 0 Å². The summed E-state index contributed by atoms with van der Waals surface area (Å²) < 4.78 is 16.3. The number of carbonyl (C=O) groups excluding carboxylic acids is 2. The molecule has 0 aliphatic carbocycles. The van der Waals surface area contributed by atoms with E-state index in [9.17, 15) is 9.59 Å². The third kappa shape index (κ3) is 5.69. The molecule has 166 valence electrons. The van der Waals surface area contributed by atoms with Gasteiger partial charge in [-0.1, -0.05) is 13.3 Å². The minimum atomic E-state index is -0.280. The number of unbranched alkanes of at least 4 members (excludes halogenated alkanes) is 1. The van der Waals surface area contributed by atoms with Crippen molar-refractivity contribution < 1.29 is 23.8 Å². The standard InChI is InChI=1S/C24H30N2O5/c1-4-5-12-31-20-8-6-17(7-9-20)24(28)25-15-23(27)26-11-10-18-13-21(29-2)22(30-3)14-19(18)16-26/h6-9,13-14H,4-5,10-12,15-16H2,1-3H3,(H,25,28). The van der Waals surface area contributed by atoms with Gasteiger partial charge >= 0.3 is 0 Å². The Hall–Kier alpha value is -3.22. The van der Waals surface area contributed by atoms with E-state index in [-0.39, 0.29) is 18.4 Å². The third-order valence-electron chi connectivity index (χ3n) is 5.35. The zero-order valence-corrected chi connectivity index (χ0v) is 18.4. The van der Waals surface area contributed by atoms with Gasteiger partial charge in [0, 0.05) is 18.7 Å². The van der Waals surface area contributed by atoms with E-state index in [0.717, 1.165) is 36.1 Å². The van der Waals surface area contributed by atoms with Gasteiger partial charge in [-0.25, -0.2) is 0 Å². The molecule has 0 saturated heterocycles. The number of nitrogens with zero attached hydrogens (tertiary/aromatic N) is 1. The molecule has 0 spiro atoms. The molecule has 31 heavy (non-hydrogen) atoms. The van der Waals surface area contributed by atoms with Crippen molar-refractivity contribution in [3.05, 3.63) is 53.1 Å². The van der Waals surface area contributed by atoms with Gasteiger partial charge in [0.05, 0.1) is 27.4 Å². The van der Waals surface area contributed by atoms with Gasteiger partial charge in [0.1, 0.15) is 5.75 Å². The molecule has 7 heteroatoms. The van der Waals surface area contributed by atoms with Gasteiger partial charge < -0.3 is 24.4 Å². The number of methoxy groups -OCH3 is 2. The number of hydrogen-bond acceptors (Lipinski definition) is 5. The lowest BCUT2D eigenvalue weighted by Crippen LogP contribution is -2.42. The Morgan fingerprint density at radius 3 is 2.35 bits per heavy atom. The van der Waals surface area contributed by atoms with Crippen LogP contribution in [0.5, 0.6) is 17.2 Å². The molecule has 2 aromatic rings. The predicted molar refractivity (Wildman–Crippen MR) is 118 cm³/mol. The van der Waals surface area contributed by atoms with E-state index in [0.29, 0.717) is 36.8 Å². The molecule has 0 fully saturated rings. The first-order chi connectivity index (χ1) is 15.0. The lowest BCUT2D eigenvalue weighted by molar-refractivity contribution is -0.131. The summed E-state index contributed by atoms with van der Waals surface area (Å²) in [4.78, 5) is 26.8. The summed E-state index contributed by atoms with van der Waals surface area (Å²) in [6, 6.07) is 10.8. The van der Waals surface area contributed by atoms with Crippen LogP contribution < -0.4 is 19.5 Å². The lowest BCUT2D eigenvalue weighted by Gasteiger charge is -2.29. The highest BCUT2D eigenvalue weighted by Crippen LogP contribution is 2.33. The van der Waals surface area contributed by atoms with Crippen molar-refractivity contribution in [2.24, 2.45) is 0 Å². The first-order valence-corrected chi connectivity index (χ1v) is 10.6. The number of hydrogen-bond donors (Lipinski definition) is 1. The van der Waals surface area contributed by atoms with Crippen molar-refractivity contribution in [1.82, 2.24) is 10.2 Å². The molecule has 1 aliphatic heterocycles. The fraction of sp³-hybridized carbons (Fsp3) is 0.417. The largest absolute Gasteiger partial charge is 0.494 e. The molecule has 0 bridgehead atoms. The fourth-order valence-electron chi connectivity index (χ4n) is 3.50. The number of benzene rings is 2. The summed E-state index contributed by atoms with van der Waals surface area (Å²) in [6.45, 7) is 3.80. The highest BCUT2D eigenvalue weighted by molar-refractivity contribution is 5.96. The maximum Gasteiger partial charge on any atom is 0.251 e. The molecule has 3 rings (SSSR count). The number of carbonyl (C=O) groups is 2. The quantitative estimate of drug-likeness (QED) is 0.623. The zero-order chi connectivity index (χ0) is 22.2. The Morgan fingerprint density at radius 2 is 1.71 bits per heavy atom. The first-order valence-electron chi connectivity index (χ1n) is 10.6. The van der Waals surface area contributed by atoms with E-state index in [2.05, 4.69) is 12.2 Å². The maximum absolute atomic E-state index is 12.7. The van der Waals surface area contributed by atoms with Gasteiger partial charge in [-0.2, -0.15) is 0 Å². The Kier molecular flexibility index (Phi) is 7.76. The van der Waals surface area contributed by atoms with E-state index in [1.807, 2.05) is 12.1 Å². The summed E-state index contributed by atoms with van der Waals surface area (Å²) in [5.41, 5.74) is 2.67. The van der Waals surface area contributed by atoms with Crippen molar-refractivity contribution in [3.63, 3.8) is 0 Å². The number of ether oxygens (including phenoxy) is 3. The maximum atomic E-state index is 12.7. The Bertz CT molecular complexity index is 911. The van der Waals surface area contributed by atoms with Gasteiger partial charge in [0.25, 0.3) is 5.91 Å². The second-order valence-electron chi connectivity index (χ2n) is 7.45. The first kappa shape index (κ1) is 22.5. The second kappa shape index (κ2) is 10.7. The van der Waals surface area contributed by atoms with Crippen LogP contribution in [-0.4, -0.2) is 50.6 Å². The molecule has 1 N–H and O–H groups in total. The average Bonchev–Trinajstić information content (AvgIpc) is 2.81. The zero-order valence-electron chi connectivity index (χ0n) is 18.4. The number of fused-ring (bicyclic) bond motifs is 1. The van der Waals surface area contributed by atoms with Crippen LogP contribution in [0.3, 0.4) is 0 Å². The van der Waals surface area contributed by atoms with E-state index < -0.39 is 0 Å². The van der Waals surface area contributed by atoms with Crippen LogP contribution in [0.2, 0.25) is 0 Å². The normalized spacial score (nSPS) is 12.7. The van der Waals surface area contributed by atoms with Crippen molar-refractivity contribution in [3.8, 4) is 17.2 Å². The molecule has 2 aromatic carbocycles. The summed E-state index contributed by atoms with van der Waals surface area (Å²) in [5.74, 6) is 1.67. The van der Waals surface area contributed by atoms with Gasteiger partial charge in [0.15, 0.2) is 11.5 Å². The smallest absolute Gasteiger partial charge is 0.251 e. The van der Waals surface area contributed by atoms with Gasteiger partial charge in [-0.15, -0.1) is 0 Å². The molecule has 0 aromatic heterocycles. The molecule has 7 nitrogen and oxygen atoms in total. The lowest BCUT2D eigenvalue weighted by atomic mass is 9.98. The van der Waals surface area contributed by atoms with Crippen LogP contribution in [0, 0.1) is 0 Å². The second-order valence-corrected chi connectivity index (χ2v) is 7.45. The third-order valence-corrected chi connectivity index (χ3v) is 5.35. The minimum absolute atomic E-state index is 0.0454. The van der Waals surface area contributed by atoms with Gasteiger partial charge in [-0.3, -0.25) is 9.59 Å². The van der Waals surface area contributed by atoms with Gasteiger partial charge in [-0.05, 0) is 60.4 Å². The molecule has 1 heterocycles. The molecule has 0 atom stereocenters. The predicted octanol–water partition coefficient (Wildman–Crippen LogP) is 3.20. The molecule has 0 radical (unpaired) electrons. The highest BCUT2D eigenvalue weighted by Gasteiger charge is 2.23. The van der Waals surface area contributed by atoms with Crippen LogP contribution in [0.25, 0.3) is 0 Å². The monoisotopic (exact) mass is 426 g/mol.